The maximum Gasteiger partial charge on any atom is 0.405 e. The Labute approximate surface area is 175 Å². The van der Waals surface area contributed by atoms with E-state index in [9.17, 15) is 19.5 Å². The predicted molar refractivity (Wildman–Crippen MR) is 114 cm³/mol. The van der Waals surface area contributed by atoms with Crippen LogP contribution in [-0.2, 0) is 11.8 Å². The van der Waals surface area contributed by atoms with E-state index in [2.05, 4.69) is 22.5 Å². The largest absolute Gasteiger partial charge is 0.465 e. The number of nitrogens with one attached hydrogen (secondary N) is 2. The van der Waals surface area contributed by atoms with Crippen molar-refractivity contribution in [1.82, 2.24) is 14.9 Å². The van der Waals surface area contributed by atoms with Crippen LogP contribution in [0.2, 0.25) is 0 Å². The van der Waals surface area contributed by atoms with Gasteiger partial charge in [0.2, 0.25) is 11.5 Å². The van der Waals surface area contributed by atoms with Crippen LogP contribution in [-0.4, -0.2) is 32.7 Å². The number of anilines is 1. The number of pyridine rings is 2. The van der Waals surface area contributed by atoms with Crippen molar-refractivity contribution in [3.05, 3.63) is 46.5 Å². The molecule has 1 aliphatic carbocycles. The molecule has 1 saturated carbocycles. The van der Waals surface area contributed by atoms with Crippen molar-refractivity contribution in [1.29, 1.82) is 0 Å². The lowest BCUT2D eigenvalue weighted by Crippen LogP contribution is -2.49. The highest BCUT2D eigenvalue weighted by Gasteiger charge is 2.32. The molecule has 2 aromatic heterocycles. The van der Waals surface area contributed by atoms with Crippen LogP contribution in [0.4, 0.5) is 10.6 Å². The van der Waals surface area contributed by atoms with Crippen LogP contribution in [0.5, 0.6) is 0 Å². The average molecular weight is 412 g/mol. The number of rotatable bonds is 5. The second-order valence-corrected chi connectivity index (χ2v) is 8.10. The van der Waals surface area contributed by atoms with Crippen molar-refractivity contribution in [3.63, 3.8) is 0 Å². The summed E-state index contributed by atoms with van der Waals surface area (Å²) in [6.45, 7) is 4.04. The van der Waals surface area contributed by atoms with Crippen LogP contribution in [0.15, 0.2) is 35.3 Å². The molecule has 2 aromatic rings. The second kappa shape index (κ2) is 9.11. The van der Waals surface area contributed by atoms with E-state index in [-0.39, 0.29) is 11.5 Å². The third kappa shape index (κ3) is 4.87. The van der Waals surface area contributed by atoms with E-state index in [0.29, 0.717) is 11.7 Å². The zero-order chi connectivity index (χ0) is 21.8. The molecule has 0 aliphatic heterocycles. The second-order valence-electron chi connectivity index (χ2n) is 8.10. The van der Waals surface area contributed by atoms with Crippen molar-refractivity contribution in [2.45, 2.75) is 45.6 Å². The molecule has 3 rings (SSSR count). The lowest BCUT2D eigenvalue weighted by molar-refractivity contribution is -0.119. The quantitative estimate of drug-likeness (QED) is 0.698. The number of hydrogen-bond acceptors (Lipinski definition) is 4. The maximum atomic E-state index is 12.8. The van der Waals surface area contributed by atoms with Gasteiger partial charge in [0.25, 0.3) is 0 Å². The zero-order valence-corrected chi connectivity index (χ0v) is 17.5. The highest BCUT2D eigenvalue weighted by Crippen LogP contribution is 2.31. The molecule has 2 heterocycles. The van der Waals surface area contributed by atoms with Gasteiger partial charge in [0, 0.05) is 36.1 Å². The van der Waals surface area contributed by atoms with Crippen LogP contribution < -0.4 is 16.2 Å². The van der Waals surface area contributed by atoms with Gasteiger partial charge in [-0.1, -0.05) is 19.8 Å². The van der Waals surface area contributed by atoms with Crippen molar-refractivity contribution >= 4 is 17.8 Å². The van der Waals surface area contributed by atoms with Gasteiger partial charge in [0.05, 0.1) is 0 Å². The van der Waals surface area contributed by atoms with Gasteiger partial charge >= 0.3 is 6.09 Å². The van der Waals surface area contributed by atoms with E-state index in [0.717, 1.165) is 42.5 Å². The summed E-state index contributed by atoms with van der Waals surface area (Å²) >= 11 is 0. The molecule has 0 unspecified atom stereocenters. The fourth-order valence-corrected chi connectivity index (χ4v) is 4.02. The van der Waals surface area contributed by atoms with Crippen LogP contribution in [0, 0.1) is 18.8 Å². The Morgan fingerprint density at radius 1 is 1.17 bits per heavy atom. The molecular weight excluding hydrogens is 384 g/mol. The first-order valence-corrected chi connectivity index (χ1v) is 10.2. The highest BCUT2D eigenvalue weighted by molar-refractivity contribution is 5.96. The number of carbonyl (C=O) groups is 2. The van der Waals surface area contributed by atoms with Crippen molar-refractivity contribution in [3.8, 4) is 11.1 Å². The minimum Gasteiger partial charge on any atom is -0.465 e. The molecule has 2 amide bonds. The Bertz CT molecular complexity index is 976. The molecule has 0 saturated heterocycles. The topological polar surface area (TPSA) is 113 Å². The van der Waals surface area contributed by atoms with Gasteiger partial charge < -0.3 is 20.3 Å². The number of carbonyl (C=O) groups excluding carboxylic acids is 1. The molecule has 30 heavy (non-hydrogen) atoms. The van der Waals surface area contributed by atoms with Crippen LogP contribution in [0.3, 0.4) is 0 Å². The van der Waals surface area contributed by atoms with Crippen LogP contribution in [0.1, 0.15) is 38.3 Å². The SMILES string of the molecule is Cc1c(-c2ccc(NC(=O)[C@@H](NC(=O)O)C3CCC(C)CC3)nc2)ccc(=O)n1C. The Morgan fingerprint density at radius 3 is 2.47 bits per heavy atom. The van der Waals surface area contributed by atoms with E-state index in [1.807, 2.05) is 13.0 Å². The summed E-state index contributed by atoms with van der Waals surface area (Å²) in [6.07, 6.45) is 4.03. The molecule has 160 valence electrons. The number of hydrogen-bond donors (Lipinski definition) is 3. The van der Waals surface area contributed by atoms with Gasteiger partial charge in [-0.05, 0) is 49.8 Å². The molecule has 1 aliphatic rings. The minimum atomic E-state index is -1.21. The van der Waals surface area contributed by atoms with E-state index in [4.69, 9.17) is 0 Å². The first-order valence-electron chi connectivity index (χ1n) is 10.2. The fourth-order valence-electron chi connectivity index (χ4n) is 4.02. The highest BCUT2D eigenvalue weighted by atomic mass is 16.4. The summed E-state index contributed by atoms with van der Waals surface area (Å²) in [4.78, 5) is 40.1. The number of aromatic nitrogens is 2. The smallest absolute Gasteiger partial charge is 0.405 e. The first-order chi connectivity index (χ1) is 14.3. The Hall–Kier alpha value is -3.16. The maximum absolute atomic E-state index is 12.8. The Kier molecular flexibility index (Phi) is 6.54. The van der Waals surface area contributed by atoms with Gasteiger partial charge in [-0.2, -0.15) is 0 Å². The molecule has 3 N–H and O–H groups in total. The summed E-state index contributed by atoms with van der Waals surface area (Å²) in [5, 5.41) is 14.3. The third-order valence-electron chi connectivity index (χ3n) is 6.04. The molecule has 0 bridgehead atoms. The van der Waals surface area contributed by atoms with E-state index in [1.165, 1.54) is 6.07 Å². The molecule has 0 aromatic carbocycles. The Balaban J connectivity index is 1.74. The van der Waals surface area contributed by atoms with Gasteiger partial charge in [-0.3, -0.25) is 9.59 Å². The molecule has 8 nitrogen and oxygen atoms in total. The number of carboxylic acid groups (broad SMARTS) is 1. The van der Waals surface area contributed by atoms with E-state index >= 15 is 0 Å². The number of amides is 2. The summed E-state index contributed by atoms with van der Waals surface area (Å²) < 4.78 is 1.57. The Morgan fingerprint density at radius 2 is 1.87 bits per heavy atom. The molecule has 1 fully saturated rings. The normalized spacial score (nSPS) is 19.7. The molecule has 1 atom stereocenters. The van der Waals surface area contributed by atoms with Gasteiger partial charge in [0.15, 0.2) is 0 Å². The molecule has 0 spiro atoms. The summed E-state index contributed by atoms with van der Waals surface area (Å²) in [6, 6.07) is 5.95. The van der Waals surface area contributed by atoms with Gasteiger partial charge in [-0.25, -0.2) is 9.78 Å². The first kappa shape index (κ1) is 21.5. The lowest BCUT2D eigenvalue weighted by atomic mass is 9.79. The number of nitrogens with zero attached hydrogens (tertiary/aromatic N) is 2. The van der Waals surface area contributed by atoms with Crippen molar-refractivity contribution in [2.75, 3.05) is 5.32 Å². The minimum absolute atomic E-state index is 0.0233. The summed E-state index contributed by atoms with van der Waals surface area (Å²) in [5.41, 5.74) is 2.44. The van der Waals surface area contributed by atoms with E-state index < -0.39 is 18.0 Å². The van der Waals surface area contributed by atoms with Crippen molar-refractivity contribution < 1.29 is 14.7 Å². The van der Waals surface area contributed by atoms with Crippen LogP contribution >= 0.6 is 0 Å². The summed E-state index contributed by atoms with van der Waals surface area (Å²) in [7, 11) is 1.71. The third-order valence-corrected chi connectivity index (χ3v) is 6.04. The van der Waals surface area contributed by atoms with Crippen molar-refractivity contribution in [2.24, 2.45) is 18.9 Å². The van der Waals surface area contributed by atoms with Crippen LogP contribution in [0.25, 0.3) is 11.1 Å². The average Bonchev–Trinajstić information content (AvgIpc) is 2.72. The monoisotopic (exact) mass is 412 g/mol. The predicted octanol–water partition coefficient (Wildman–Crippen LogP) is 3.16. The summed E-state index contributed by atoms with van der Waals surface area (Å²) in [5.74, 6) is 0.540. The zero-order valence-electron chi connectivity index (χ0n) is 17.5. The molecular formula is C22H28N4O4. The molecule has 8 heteroatoms. The molecule has 0 radical (unpaired) electrons. The lowest BCUT2D eigenvalue weighted by Gasteiger charge is -2.31. The standard InChI is InChI=1S/C22H28N4O4/c1-13-4-6-15(7-5-13)20(25-22(29)30)21(28)24-18-10-8-16(12-23-18)17-9-11-19(27)26(3)14(17)2/h8-13,15,20,25H,4-7H2,1-3H3,(H,29,30)(H,23,24,28)/t13?,15?,20-/m0/s1. The fraction of sp³-hybridized carbons (Fsp3) is 0.455. The van der Waals surface area contributed by atoms with E-state index in [1.54, 1.807) is 29.9 Å². The van der Waals surface area contributed by atoms with Gasteiger partial charge in [0.1, 0.15) is 11.9 Å². The van der Waals surface area contributed by atoms with Gasteiger partial charge in [-0.15, -0.1) is 0 Å².